The lowest BCUT2D eigenvalue weighted by Gasteiger charge is -2.51. The van der Waals surface area contributed by atoms with Crippen LogP contribution in [0.3, 0.4) is 0 Å². The van der Waals surface area contributed by atoms with Gasteiger partial charge in [-0.15, -0.1) is 0 Å². The zero-order chi connectivity index (χ0) is 10.2. The smallest absolute Gasteiger partial charge is 0.240 e. The summed E-state index contributed by atoms with van der Waals surface area (Å²) in [6.45, 7) is 0.860. The highest BCUT2D eigenvalue weighted by atomic mass is 16.3. The first-order chi connectivity index (χ1) is 6.69. The van der Waals surface area contributed by atoms with Crippen LogP contribution >= 0.6 is 0 Å². The fourth-order valence-electron chi connectivity index (χ4n) is 2.47. The summed E-state index contributed by atoms with van der Waals surface area (Å²) in [5, 5.41) is 9.36. The Balaban J connectivity index is 2.11. The van der Waals surface area contributed by atoms with Crippen LogP contribution in [0.15, 0.2) is 0 Å². The Hall–Kier alpha value is -0.610. The molecule has 1 aliphatic heterocycles. The summed E-state index contributed by atoms with van der Waals surface area (Å²) in [7, 11) is 0. The molecular formula is C10H18N2O2. The van der Waals surface area contributed by atoms with E-state index >= 15 is 0 Å². The molecule has 0 radical (unpaired) electrons. The van der Waals surface area contributed by atoms with E-state index in [2.05, 4.69) is 0 Å². The number of nitrogens with two attached hydrogens (primary N) is 1. The van der Waals surface area contributed by atoms with E-state index in [0.717, 1.165) is 38.6 Å². The van der Waals surface area contributed by atoms with Crippen molar-refractivity contribution in [1.82, 2.24) is 4.90 Å². The molecule has 0 spiro atoms. The average molecular weight is 198 g/mol. The van der Waals surface area contributed by atoms with E-state index in [9.17, 15) is 9.90 Å². The van der Waals surface area contributed by atoms with Gasteiger partial charge in [0.05, 0.1) is 18.2 Å². The van der Waals surface area contributed by atoms with E-state index in [1.54, 1.807) is 0 Å². The second kappa shape index (κ2) is 3.51. The van der Waals surface area contributed by atoms with E-state index in [0.29, 0.717) is 0 Å². The largest absolute Gasteiger partial charge is 0.394 e. The minimum Gasteiger partial charge on any atom is -0.394 e. The lowest BCUT2D eigenvalue weighted by atomic mass is 9.75. The van der Waals surface area contributed by atoms with Crippen LogP contribution < -0.4 is 5.73 Å². The summed E-state index contributed by atoms with van der Waals surface area (Å²) >= 11 is 0. The molecule has 2 fully saturated rings. The standard InChI is InChI=1S/C10H18N2O2/c11-8-3-1-6-12(9(8)14)10(7-13)4-2-5-10/h8,13H,1-7,11H2. The fraction of sp³-hybridized carbons (Fsp3) is 0.900. The molecule has 4 heteroatoms. The van der Waals surface area contributed by atoms with Crippen LogP contribution in [0, 0.1) is 0 Å². The minimum atomic E-state index is -0.340. The second-order valence-corrected chi connectivity index (χ2v) is 4.47. The molecule has 0 aromatic carbocycles. The zero-order valence-corrected chi connectivity index (χ0v) is 8.41. The van der Waals surface area contributed by atoms with Crippen molar-refractivity contribution in [2.45, 2.75) is 43.7 Å². The Morgan fingerprint density at radius 1 is 1.50 bits per heavy atom. The molecule has 2 rings (SSSR count). The van der Waals surface area contributed by atoms with E-state index in [-0.39, 0.29) is 24.1 Å². The lowest BCUT2D eigenvalue weighted by molar-refractivity contribution is -0.149. The van der Waals surface area contributed by atoms with Crippen LogP contribution in [-0.4, -0.2) is 40.6 Å². The highest BCUT2D eigenvalue weighted by Crippen LogP contribution is 2.38. The average Bonchev–Trinajstić information content (AvgIpc) is 2.11. The van der Waals surface area contributed by atoms with Crippen molar-refractivity contribution in [1.29, 1.82) is 0 Å². The first-order valence-electron chi connectivity index (χ1n) is 5.37. The summed E-state index contributed by atoms with van der Waals surface area (Å²) in [5.74, 6) is 0.0324. The quantitative estimate of drug-likeness (QED) is 0.648. The number of aliphatic hydroxyl groups is 1. The van der Waals surface area contributed by atoms with E-state index in [4.69, 9.17) is 5.73 Å². The topological polar surface area (TPSA) is 66.6 Å². The molecular weight excluding hydrogens is 180 g/mol. The monoisotopic (exact) mass is 198 g/mol. The second-order valence-electron chi connectivity index (χ2n) is 4.47. The highest BCUT2D eigenvalue weighted by molar-refractivity contribution is 5.83. The first kappa shape index (κ1) is 9.93. The number of carbonyl (C=O) groups is 1. The maximum Gasteiger partial charge on any atom is 0.240 e. The molecule has 0 aromatic rings. The molecule has 1 heterocycles. The maximum atomic E-state index is 11.8. The molecule has 1 atom stereocenters. The van der Waals surface area contributed by atoms with Crippen molar-refractivity contribution in [3.8, 4) is 0 Å². The van der Waals surface area contributed by atoms with Crippen molar-refractivity contribution in [3.05, 3.63) is 0 Å². The first-order valence-corrected chi connectivity index (χ1v) is 5.37. The van der Waals surface area contributed by atoms with Gasteiger partial charge in [-0.3, -0.25) is 4.79 Å². The van der Waals surface area contributed by atoms with E-state index in [1.165, 1.54) is 0 Å². The molecule has 2 aliphatic rings. The number of piperidine rings is 1. The molecule has 0 aromatic heterocycles. The van der Waals surface area contributed by atoms with Crippen LogP contribution in [0.5, 0.6) is 0 Å². The summed E-state index contributed by atoms with van der Waals surface area (Å²) in [5.41, 5.74) is 5.47. The summed E-state index contributed by atoms with van der Waals surface area (Å²) in [6, 6.07) is -0.340. The van der Waals surface area contributed by atoms with Crippen LogP contribution in [0.2, 0.25) is 0 Å². The molecule has 4 nitrogen and oxygen atoms in total. The van der Waals surface area contributed by atoms with Gasteiger partial charge in [0.1, 0.15) is 0 Å². The van der Waals surface area contributed by atoms with Crippen molar-refractivity contribution in [3.63, 3.8) is 0 Å². The molecule has 1 saturated heterocycles. The van der Waals surface area contributed by atoms with Gasteiger partial charge in [-0.2, -0.15) is 0 Å². The zero-order valence-electron chi connectivity index (χ0n) is 8.41. The summed E-state index contributed by atoms with van der Waals surface area (Å²) < 4.78 is 0. The Bertz CT molecular complexity index is 233. The molecule has 14 heavy (non-hydrogen) atoms. The van der Waals surface area contributed by atoms with Gasteiger partial charge in [-0.1, -0.05) is 0 Å². The van der Waals surface area contributed by atoms with Crippen molar-refractivity contribution >= 4 is 5.91 Å². The normalized spacial score (nSPS) is 31.4. The lowest BCUT2D eigenvalue weighted by Crippen LogP contribution is -2.63. The minimum absolute atomic E-state index is 0.0324. The van der Waals surface area contributed by atoms with Gasteiger partial charge in [-0.25, -0.2) is 0 Å². The molecule has 1 aliphatic carbocycles. The van der Waals surface area contributed by atoms with Crippen LogP contribution in [0.4, 0.5) is 0 Å². The van der Waals surface area contributed by atoms with Gasteiger partial charge in [0.2, 0.25) is 5.91 Å². The molecule has 1 amide bonds. The molecule has 3 N–H and O–H groups in total. The van der Waals surface area contributed by atoms with E-state index < -0.39 is 0 Å². The molecule has 1 saturated carbocycles. The number of likely N-dealkylation sites (tertiary alicyclic amines) is 1. The van der Waals surface area contributed by atoms with Gasteiger partial charge in [0.25, 0.3) is 0 Å². The number of rotatable bonds is 2. The SMILES string of the molecule is NC1CCCN(C2(CO)CCC2)C1=O. The molecule has 80 valence electrons. The van der Waals surface area contributed by atoms with Gasteiger partial charge < -0.3 is 15.7 Å². The molecule has 0 bridgehead atoms. The fourth-order valence-corrected chi connectivity index (χ4v) is 2.47. The Morgan fingerprint density at radius 3 is 2.71 bits per heavy atom. The number of hydrogen-bond donors (Lipinski definition) is 2. The Morgan fingerprint density at radius 2 is 2.21 bits per heavy atom. The van der Waals surface area contributed by atoms with Crippen molar-refractivity contribution < 1.29 is 9.90 Å². The third-order valence-corrected chi connectivity index (χ3v) is 3.63. The van der Waals surface area contributed by atoms with E-state index in [1.807, 2.05) is 4.90 Å². The van der Waals surface area contributed by atoms with Crippen LogP contribution in [0.25, 0.3) is 0 Å². The van der Waals surface area contributed by atoms with Gasteiger partial charge in [-0.05, 0) is 32.1 Å². The van der Waals surface area contributed by atoms with Crippen molar-refractivity contribution in [2.75, 3.05) is 13.2 Å². The van der Waals surface area contributed by atoms with Gasteiger partial charge in [0.15, 0.2) is 0 Å². The maximum absolute atomic E-state index is 11.8. The summed E-state index contributed by atoms with van der Waals surface area (Å²) in [6.07, 6.45) is 4.73. The highest BCUT2D eigenvalue weighted by Gasteiger charge is 2.46. The number of nitrogens with zero attached hydrogens (tertiary/aromatic N) is 1. The predicted octanol–water partition coefficient (Wildman–Crippen LogP) is -0.149. The van der Waals surface area contributed by atoms with Gasteiger partial charge >= 0.3 is 0 Å². The number of hydrogen-bond acceptors (Lipinski definition) is 3. The Kier molecular flexibility index (Phi) is 2.49. The third-order valence-electron chi connectivity index (χ3n) is 3.63. The molecule has 1 unspecified atom stereocenters. The predicted molar refractivity (Wildman–Crippen MR) is 52.6 cm³/mol. The number of aliphatic hydroxyl groups excluding tert-OH is 1. The summed E-state index contributed by atoms with van der Waals surface area (Å²) in [4.78, 5) is 13.6. The van der Waals surface area contributed by atoms with Crippen molar-refractivity contribution in [2.24, 2.45) is 5.73 Å². The van der Waals surface area contributed by atoms with Crippen LogP contribution in [-0.2, 0) is 4.79 Å². The van der Waals surface area contributed by atoms with Crippen LogP contribution in [0.1, 0.15) is 32.1 Å². The number of amides is 1. The van der Waals surface area contributed by atoms with Gasteiger partial charge in [0, 0.05) is 6.54 Å². The Labute approximate surface area is 84.1 Å². The third kappa shape index (κ3) is 1.33. The number of carbonyl (C=O) groups excluding carboxylic acids is 1.